The molecular weight excluding hydrogens is 314 g/mol. The monoisotopic (exact) mass is 331 g/mol. The number of hydrogen-bond donors (Lipinski definition) is 2. The second-order valence-electron chi connectivity index (χ2n) is 4.91. The standard InChI is InChI=1S/C16H17N3O5/c1-9-12(18-14(23-9)11-7-5-4-6-8-11)15(21)24-10(2)13(20)19-16(22)17-3/h4-8,10H,1-3H3,(H2,17,19,20,22)/t10-/m0/s1. The molecule has 0 aliphatic rings. The molecule has 0 fully saturated rings. The number of aryl methyl sites for hydroxylation is 1. The Labute approximate surface area is 138 Å². The number of ether oxygens (including phenoxy) is 1. The van der Waals surface area contributed by atoms with Gasteiger partial charge in [-0.25, -0.2) is 14.6 Å². The van der Waals surface area contributed by atoms with E-state index in [1.165, 1.54) is 14.0 Å². The largest absolute Gasteiger partial charge is 0.448 e. The SMILES string of the molecule is CNC(=O)NC(=O)[C@H](C)OC(=O)c1nc(-c2ccccc2)oc1C. The van der Waals surface area contributed by atoms with Gasteiger partial charge in [-0.1, -0.05) is 18.2 Å². The van der Waals surface area contributed by atoms with E-state index in [-0.39, 0.29) is 17.3 Å². The van der Waals surface area contributed by atoms with Gasteiger partial charge in [0.2, 0.25) is 5.89 Å². The topological polar surface area (TPSA) is 111 Å². The number of esters is 1. The highest BCUT2D eigenvalue weighted by atomic mass is 16.5. The van der Waals surface area contributed by atoms with Gasteiger partial charge in [0.25, 0.3) is 5.91 Å². The van der Waals surface area contributed by atoms with Gasteiger partial charge < -0.3 is 14.5 Å². The number of benzene rings is 1. The van der Waals surface area contributed by atoms with Crippen molar-refractivity contribution < 1.29 is 23.5 Å². The van der Waals surface area contributed by atoms with Crippen molar-refractivity contribution in [3.05, 3.63) is 41.8 Å². The summed E-state index contributed by atoms with van der Waals surface area (Å²) in [4.78, 5) is 39.1. The maximum atomic E-state index is 12.2. The third-order valence-corrected chi connectivity index (χ3v) is 3.13. The summed E-state index contributed by atoms with van der Waals surface area (Å²) in [6.07, 6.45) is -1.16. The van der Waals surface area contributed by atoms with Crippen LogP contribution in [-0.4, -0.2) is 36.0 Å². The van der Waals surface area contributed by atoms with E-state index < -0.39 is 24.0 Å². The number of amides is 3. The molecule has 0 saturated carbocycles. The van der Waals surface area contributed by atoms with E-state index in [0.29, 0.717) is 5.56 Å². The van der Waals surface area contributed by atoms with E-state index >= 15 is 0 Å². The van der Waals surface area contributed by atoms with Gasteiger partial charge >= 0.3 is 12.0 Å². The lowest BCUT2D eigenvalue weighted by atomic mass is 10.2. The van der Waals surface area contributed by atoms with E-state index in [2.05, 4.69) is 10.3 Å². The fourth-order valence-electron chi connectivity index (χ4n) is 1.84. The average molecular weight is 331 g/mol. The van der Waals surface area contributed by atoms with E-state index in [1.807, 2.05) is 23.5 Å². The first-order valence-corrected chi connectivity index (χ1v) is 7.18. The molecule has 0 aliphatic heterocycles. The molecule has 0 spiro atoms. The highest BCUT2D eigenvalue weighted by Crippen LogP contribution is 2.22. The first kappa shape index (κ1) is 17.2. The van der Waals surface area contributed by atoms with Crippen molar-refractivity contribution in [1.82, 2.24) is 15.6 Å². The number of urea groups is 1. The number of carbonyl (C=O) groups excluding carboxylic acids is 3. The molecule has 1 aromatic carbocycles. The number of aromatic nitrogens is 1. The molecule has 8 heteroatoms. The molecule has 24 heavy (non-hydrogen) atoms. The van der Waals surface area contributed by atoms with Crippen molar-refractivity contribution in [1.29, 1.82) is 0 Å². The molecule has 0 radical (unpaired) electrons. The van der Waals surface area contributed by atoms with Crippen molar-refractivity contribution in [3.8, 4) is 11.5 Å². The van der Waals surface area contributed by atoms with Crippen LogP contribution in [0.5, 0.6) is 0 Å². The third-order valence-electron chi connectivity index (χ3n) is 3.13. The predicted octanol–water partition coefficient (Wildman–Crippen LogP) is 1.65. The fraction of sp³-hybridized carbons (Fsp3) is 0.250. The molecule has 2 N–H and O–H groups in total. The van der Waals surface area contributed by atoms with E-state index in [4.69, 9.17) is 9.15 Å². The smallest absolute Gasteiger partial charge is 0.361 e. The van der Waals surface area contributed by atoms with Gasteiger partial charge in [0.05, 0.1) is 0 Å². The number of hydrogen-bond acceptors (Lipinski definition) is 6. The summed E-state index contributed by atoms with van der Waals surface area (Å²) in [5.74, 6) is -0.995. The highest BCUT2D eigenvalue weighted by Gasteiger charge is 2.25. The summed E-state index contributed by atoms with van der Waals surface area (Å²) in [5.41, 5.74) is 0.693. The molecule has 0 unspecified atom stereocenters. The molecular formula is C16H17N3O5. The van der Waals surface area contributed by atoms with Crippen LogP contribution in [0.2, 0.25) is 0 Å². The van der Waals surface area contributed by atoms with Crippen molar-refractivity contribution in [3.63, 3.8) is 0 Å². The summed E-state index contributed by atoms with van der Waals surface area (Å²) in [5, 5.41) is 4.25. The van der Waals surface area contributed by atoms with Gasteiger partial charge in [-0.05, 0) is 26.0 Å². The average Bonchev–Trinajstić information content (AvgIpc) is 2.97. The lowest BCUT2D eigenvalue weighted by Gasteiger charge is -2.11. The van der Waals surface area contributed by atoms with Crippen LogP contribution in [0, 0.1) is 6.92 Å². The van der Waals surface area contributed by atoms with Crippen molar-refractivity contribution in [2.45, 2.75) is 20.0 Å². The van der Waals surface area contributed by atoms with E-state index in [1.54, 1.807) is 19.1 Å². The second kappa shape index (κ2) is 7.40. The van der Waals surface area contributed by atoms with Crippen molar-refractivity contribution in [2.24, 2.45) is 0 Å². The minimum atomic E-state index is -1.16. The number of carbonyl (C=O) groups is 3. The normalized spacial score (nSPS) is 11.5. The number of oxazole rings is 1. The van der Waals surface area contributed by atoms with Crippen LogP contribution in [-0.2, 0) is 9.53 Å². The first-order valence-electron chi connectivity index (χ1n) is 7.18. The molecule has 0 aliphatic carbocycles. The lowest BCUT2D eigenvalue weighted by molar-refractivity contribution is -0.127. The summed E-state index contributed by atoms with van der Waals surface area (Å²) < 4.78 is 10.5. The van der Waals surface area contributed by atoms with Crippen LogP contribution in [0.4, 0.5) is 4.79 Å². The van der Waals surface area contributed by atoms with Gasteiger partial charge in [0, 0.05) is 12.6 Å². The molecule has 1 atom stereocenters. The Bertz CT molecular complexity index is 754. The molecule has 0 bridgehead atoms. The van der Waals surface area contributed by atoms with Gasteiger partial charge in [-0.3, -0.25) is 10.1 Å². The summed E-state index contributed by atoms with van der Waals surface area (Å²) in [6.45, 7) is 2.93. The lowest BCUT2D eigenvalue weighted by Crippen LogP contribution is -2.43. The Morgan fingerprint density at radius 2 is 1.88 bits per heavy atom. The van der Waals surface area contributed by atoms with E-state index in [9.17, 15) is 14.4 Å². The Kier molecular flexibility index (Phi) is 5.31. The molecule has 1 heterocycles. The number of nitrogens with one attached hydrogen (secondary N) is 2. The maximum Gasteiger partial charge on any atom is 0.361 e. The van der Waals surface area contributed by atoms with Crippen LogP contribution in [0.3, 0.4) is 0 Å². The zero-order valence-corrected chi connectivity index (χ0v) is 13.5. The van der Waals surface area contributed by atoms with Crippen LogP contribution in [0.25, 0.3) is 11.5 Å². The Hall–Kier alpha value is -3.16. The van der Waals surface area contributed by atoms with Gasteiger partial charge in [0.15, 0.2) is 11.8 Å². The van der Waals surface area contributed by atoms with Crippen molar-refractivity contribution >= 4 is 17.9 Å². The molecule has 0 saturated heterocycles. The summed E-state index contributed by atoms with van der Waals surface area (Å²) in [7, 11) is 1.36. The molecule has 2 aromatic rings. The minimum Gasteiger partial charge on any atom is -0.448 e. The van der Waals surface area contributed by atoms with Crippen LogP contribution >= 0.6 is 0 Å². The number of nitrogens with zero attached hydrogens (tertiary/aromatic N) is 1. The van der Waals surface area contributed by atoms with Gasteiger partial charge in [-0.2, -0.15) is 0 Å². The number of rotatable bonds is 4. The third kappa shape index (κ3) is 3.97. The maximum absolute atomic E-state index is 12.2. The van der Waals surface area contributed by atoms with Crippen LogP contribution < -0.4 is 10.6 Å². The Balaban J connectivity index is 2.09. The second-order valence-corrected chi connectivity index (χ2v) is 4.91. The highest BCUT2D eigenvalue weighted by molar-refractivity contribution is 5.98. The Morgan fingerprint density at radius 3 is 2.50 bits per heavy atom. The minimum absolute atomic E-state index is 0.0200. The van der Waals surface area contributed by atoms with Crippen LogP contribution in [0.15, 0.2) is 34.7 Å². The number of imide groups is 1. The van der Waals surface area contributed by atoms with Gasteiger partial charge in [0.1, 0.15) is 5.76 Å². The summed E-state index contributed by atoms with van der Waals surface area (Å²) >= 11 is 0. The molecule has 2 rings (SSSR count). The zero-order chi connectivity index (χ0) is 17.7. The zero-order valence-electron chi connectivity index (χ0n) is 13.5. The Morgan fingerprint density at radius 1 is 1.21 bits per heavy atom. The van der Waals surface area contributed by atoms with Crippen LogP contribution in [0.1, 0.15) is 23.2 Å². The fourth-order valence-corrected chi connectivity index (χ4v) is 1.84. The summed E-state index contributed by atoms with van der Waals surface area (Å²) in [6, 6.07) is 8.38. The molecule has 126 valence electrons. The molecule has 3 amide bonds. The predicted molar refractivity (Wildman–Crippen MR) is 84.2 cm³/mol. The first-order chi connectivity index (χ1) is 11.4. The molecule has 8 nitrogen and oxygen atoms in total. The quantitative estimate of drug-likeness (QED) is 0.824. The van der Waals surface area contributed by atoms with Gasteiger partial charge in [-0.15, -0.1) is 0 Å². The molecule has 1 aromatic heterocycles. The van der Waals surface area contributed by atoms with E-state index in [0.717, 1.165) is 0 Å². The van der Waals surface area contributed by atoms with Crippen molar-refractivity contribution in [2.75, 3.05) is 7.05 Å².